The topological polar surface area (TPSA) is 66.9 Å². The standard InChI is InChI=1S/C18H23N3O2S/c1-11-6-5-9-14(12(11)2)19-16(22)10-21-17(23)13-7-3-4-8-15(13)20-18(21)24/h3-4,7-8,11-12,14H,5-6,9-10H2,1-2H3,(H,19,22)(H,20,24)/t11-,12-,14-/m1/s1. The molecule has 2 N–H and O–H groups in total. The number of aromatic nitrogens is 2. The molecule has 1 amide bonds. The maximum absolute atomic E-state index is 12.6. The van der Waals surface area contributed by atoms with E-state index >= 15 is 0 Å². The molecule has 0 bridgehead atoms. The summed E-state index contributed by atoms with van der Waals surface area (Å²) in [4.78, 5) is 28.1. The Hall–Kier alpha value is -1.95. The van der Waals surface area contributed by atoms with Crippen molar-refractivity contribution in [3.63, 3.8) is 0 Å². The lowest BCUT2D eigenvalue weighted by Crippen LogP contribution is -2.45. The van der Waals surface area contributed by atoms with Crippen LogP contribution in [-0.2, 0) is 11.3 Å². The molecular formula is C18H23N3O2S. The average Bonchev–Trinajstić information content (AvgIpc) is 2.56. The number of amides is 1. The number of nitrogens with zero attached hydrogens (tertiary/aromatic N) is 1. The highest BCUT2D eigenvalue weighted by Crippen LogP contribution is 2.29. The second-order valence-electron chi connectivity index (χ2n) is 6.81. The van der Waals surface area contributed by atoms with Crippen LogP contribution in [0.15, 0.2) is 29.1 Å². The number of rotatable bonds is 3. The fourth-order valence-electron chi connectivity index (χ4n) is 3.52. The fraction of sp³-hybridized carbons (Fsp3) is 0.500. The normalized spacial score (nSPS) is 24.0. The number of carbonyl (C=O) groups is 1. The van der Waals surface area contributed by atoms with Gasteiger partial charge < -0.3 is 10.3 Å². The molecule has 2 aromatic rings. The highest BCUT2D eigenvalue weighted by atomic mass is 32.1. The van der Waals surface area contributed by atoms with Gasteiger partial charge in [0.25, 0.3) is 5.56 Å². The number of hydrogen-bond acceptors (Lipinski definition) is 3. The molecule has 6 heteroatoms. The lowest BCUT2D eigenvalue weighted by Gasteiger charge is -2.34. The Balaban J connectivity index is 1.81. The van der Waals surface area contributed by atoms with Crippen LogP contribution in [0.25, 0.3) is 10.9 Å². The molecule has 128 valence electrons. The largest absolute Gasteiger partial charge is 0.352 e. The summed E-state index contributed by atoms with van der Waals surface area (Å²) in [5, 5.41) is 3.63. The van der Waals surface area contributed by atoms with Gasteiger partial charge >= 0.3 is 0 Å². The number of hydrogen-bond donors (Lipinski definition) is 2. The molecular weight excluding hydrogens is 322 g/mol. The van der Waals surface area contributed by atoms with Crippen LogP contribution in [-0.4, -0.2) is 21.5 Å². The van der Waals surface area contributed by atoms with Crippen LogP contribution in [0.3, 0.4) is 0 Å². The van der Waals surface area contributed by atoms with Gasteiger partial charge in [0, 0.05) is 6.04 Å². The molecule has 0 spiro atoms. The SMILES string of the molecule is C[C@@H]1[C@H](C)CCC[C@H]1NC(=O)Cn1c(=S)[nH]c2ccccc2c1=O. The van der Waals surface area contributed by atoms with Gasteiger partial charge in [-0.3, -0.25) is 14.2 Å². The predicted molar refractivity (Wildman–Crippen MR) is 97.5 cm³/mol. The molecule has 3 rings (SSSR count). The number of H-pyrrole nitrogens is 1. The second-order valence-corrected chi connectivity index (χ2v) is 7.20. The summed E-state index contributed by atoms with van der Waals surface area (Å²) in [5.41, 5.74) is 0.466. The van der Waals surface area contributed by atoms with E-state index in [2.05, 4.69) is 24.1 Å². The van der Waals surface area contributed by atoms with Gasteiger partial charge in [0.1, 0.15) is 6.54 Å². The van der Waals surface area contributed by atoms with E-state index in [9.17, 15) is 9.59 Å². The van der Waals surface area contributed by atoms with Crippen molar-refractivity contribution in [3.8, 4) is 0 Å². The van der Waals surface area contributed by atoms with Crippen LogP contribution in [0, 0.1) is 16.6 Å². The maximum atomic E-state index is 12.6. The van der Waals surface area contributed by atoms with Gasteiger partial charge in [-0.15, -0.1) is 0 Å². The quantitative estimate of drug-likeness (QED) is 0.841. The van der Waals surface area contributed by atoms with Crippen LogP contribution in [0.4, 0.5) is 0 Å². The molecule has 1 aliphatic carbocycles. The number of fused-ring (bicyclic) bond motifs is 1. The minimum Gasteiger partial charge on any atom is -0.352 e. The van der Waals surface area contributed by atoms with Gasteiger partial charge in [-0.05, 0) is 42.6 Å². The number of carbonyl (C=O) groups excluding carboxylic acids is 1. The van der Waals surface area contributed by atoms with Gasteiger partial charge in [-0.1, -0.05) is 38.8 Å². The van der Waals surface area contributed by atoms with Gasteiger partial charge in [-0.2, -0.15) is 0 Å². The summed E-state index contributed by atoms with van der Waals surface area (Å²) in [6.45, 7) is 4.37. The first-order chi connectivity index (χ1) is 11.5. The van der Waals surface area contributed by atoms with Crippen LogP contribution < -0.4 is 10.9 Å². The summed E-state index contributed by atoms with van der Waals surface area (Å²) >= 11 is 5.26. The summed E-state index contributed by atoms with van der Waals surface area (Å²) < 4.78 is 1.61. The minimum absolute atomic E-state index is 0.0450. The minimum atomic E-state index is -0.227. The average molecular weight is 345 g/mol. The third-order valence-corrected chi connectivity index (χ3v) is 5.57. The maximum Gasteiger partial charge on any atom is 0.262 e. The zero-order valence-electron chi connectivity index (χ0n) is 14.0. The lowest BCUT2D eigenvalue weighted by molar-refractivity contribution is -0.123. The molecule has 3 atom stereocenters. The van der Waals surface area contributed by atoms with Crippen LogP contribution in [0.2, 0.25) is 0 Å². The first-order valence-electron chi connectivity index (χ1n) is 8.48. The lowest BCUT2D eigenvalue weighted by atomic mass is 9.78. The molecule has 1 aromatic carbocycles. The monoisotopic (exact) mass is 345 g/mol. The van der Waals surface area contributed by atoms with Crippen molar-refractivity contribution in [1.82, 2.24) is 14.9 Å². The Bertz CT molecular complexity index is 870. The summed E-state index contributed by atoms with van der Waals surface area (Å²) in [6.07, 6.45) is 3.34. The van der Waals surface area contributed by atoms with Crippen molar-refractivity contribution in [2.24, 2.45) is 11.8 Å². The van der Waals surface area contributed by atoms with Crippen molar-refractivity contribution < 1.29 is 4.79 Å². The Morgan fingerprint density at radius 2 is 2.08 bits per heavy atom. The molecule has 0 aliphatic heterocycles. The molecule has 24 heavy (non-hydrogen) atoms. The molecule has 1 aromatic heterocycles. The van der Waals surface area contributed by atoms with Crippen molar-refractivity contribution in [2.45, 2.75) is 45.7 Å². The first-order valence-corrected chi connectivity index (χ1v) is 8.89. The third kappa shape index (κ3) is 3.29. The van der Waals surface area contributed by atoms with Gasteiger partial charge in [0.15, 0.2) is 4.77 Å². The molecule has 0 unspecified atom stereocenters. The van der Waals surface area contributed by atoms with Crippen LogP contribution in [0.1, 0.15) is 33.1 Å². The van der Waals surface area contributed by atoms with E-state index < -0.39 is 0 Å². The number of nitrogens with one attached hydrogen (secondary N) is 2. The van der Waals surface area contributed by atoms with Gasteiger partial charge in [0.05, 0.1) is 10.9 Å². The Labute approximate surface area is 146 Å². The Morgan fingerprint density at radius 3 is 2.88 bits per heavy atom. The number of aromatic amines is 1. The molecule has 1 fully saturated rings. The summed E-state index contributed by atoms with van der Waals surface area (Å²) in [5.74, 6) is 0.902. The molecule has 0 saturated heterocycles. The second kappa shape index (κ2) is 6.89. The van der Waals surface area contributed by atoms with Crippen molar-refractivity contribution in [1.29, 1.82) is 0 Å². The number of para-hydroxylation sites is 1. The van der Waals surface area contributed by atoms with E-state index in [-0.39, 0.29) is 28.8 Å². The van der Waals surface area contributed by atoms with E-state index in [0.717, 1.165) is 12.8 Å². The number of benzene rings is 1. The van der Waals surface area contributed by atoms with Gasteiger partial charge in [-0.25, -0.2) is 0 Å². The van der Waals surface area contributed by atoms with Gasteiger partial charge in [0.2, 0.25) is 5.91 Å². The zero-order valence-corrected chi connectivity index (χ0v) is 14.9. The molecule has 1 aliphatic rings. The van der Waals surface area contributed by atoms with E-state index in [4.69, 9.17) is 12.2 Å². The molecule has 1 heterocycles. The van der Waals surface area contributed by atoms with E-state index in [1.54, 1.807) is 12.1 Å². The van der Waals surface area contributed by atoms with E-state index in [1.165, 1.54) is 11.0 Å². The highest BCUT2D eigenvalue weighted by Gasteiger charge is 2.28. The van der Waals surface area contributed by atoms with Crippen LogP contribution in [0.5, 0.6) is 0 Å². The molecule has 5 nitrogen and oxygen atoms in total. The zero-order chi connectivity index (χ0) is 17.3. The van der Waals surface area contributed by atoms with Crippen molar-refractivity contribution >= 4 is 29.0 Å². The Kier molecular flexibility index (Phi) is 4.85. The van der Waals surface area contributed by atoms with E-state index in [1.807, 2.05) is 12.1 Å². The molecule has 1 saturated carbocycles. The first kappa shape index (κ1) is 16.9. The highest BCUT2D eigenvalue weighted by molar-refractivity contribution is 7.71. The van der Waals surface area contributed by atoms with Crippen molar-refractivity contribution in [2.75, 3.05) is 0 Å². The predicted octanol–water partition coefficient (Wildman–Crippen LogP) is 3.00. The van der Waals surface area contributed by atoms with Crippen molar-refractivity contribution in [3.05, 3.63) is 39.4 Å². The van der Waals surface area contributed by atoms with Crippen LogP contribution >= 0.6 is 12.2 Å². The van der Waals surface area contributed by atoms with E-state index in [0.29, 0.717) is 22.7 Å². The smallest absolute Gasteiger partial charge is 0.262 e. The molecule has 0 radical (unpaired) electrons. The summed E-state index contributed by atoms with van der Waals surface area (Å²) in [7, 11) is 0. The third-order valence-electron chi connectivity index (χ3n) is 5.24. The fourth-order valence-corrected chi connectivity index (χ4v) is 3.78. The summed E-state index contributed by atoms with van der Waals surface area (Å²) in [6, 6.07) is 7.37. The Morgan fingerprint density at radius 1 is 1.33 bits per heavy atom.